The molecular weight excluding hydrogens is 278 g/mol. The van der Waals surface area contributed by atoms with Crippen LogP contribution in [0.1, 0.15) is 19.4 Å². The molecule has 5 nitrogen and oxygen atoms in total. The number of rotatable bonds is 7. The Balaban J connectivity index is 3.17. The van der Waals surface area contributed by atoms with Crippen LogP contribution in [0.2, 0.25) is 0 Å². The van der Waals surface area contributed by atoms with Crippen molar-refractivity contribution in [3.8, 4) is 0 Å². The highest BCUT2D eigenvalue weighted by atomic mass is 35.5. The predicted octanol–water partition coefficient (Wildman–Crippen LogP) is 3.11. The number of anilines is 1. The Morgan fingerprint density at radius 3 is 2.50 bits per heavy atom. The van der Waals surface area contributed by atoms with E-state index in [4.69, 9.17) is 11.6 Å². The van der Waals surface area contributed by atoms with E-state index in [-0.39, 0.29) is 22.5 Å². The smallest absolute Gasteiger partial charge is 0.292 e. The second-order valence-corrected chi connectivity index (χ2v) is 5.38. The second kappa shape index (κ2) is 7.45. The Kier molecular flexibility index (Phi) is 6.23. The van der Waals surface area contributed by atoms with Gasteiger partial charge in [-0.1, -0.05) is 6.07 Å². The molecule has 6 heteroatoms. The van der Waals surface area contributed by atoms with Crippen LogP contribution < -0.4 is 4.90 Å². The molecule has 0 aliphatic heterocycles. The molecule has 0 spiro atoms. The molecule has 0 aliphatic rings. The molecule has 1 aromatic rings. The Morgan fingerprint density at radius 1 is 1.40 bits per heavy atom. The second-order valence-electron chi connectivity index (χ2n) is 5.11. The first kappa shape index (κ1) is 16.7. The molecule has 0 heterocycles. The Labute approximate surface area is 125 Å². The van der Waals surface area contributed by atoms with Gasteiger partial charge in [0.05, 0.1) is 4.92 Å². The summed E-state index contributed by atoms with van der Waals surface area (Å²) in [5.74, 6) is 0.278. The molecule has 0 fully saturated rings. The van der Waals surface area contributed by atoms with Gasteiger partial charge in [0, 0.05) is 31.1 Å². The van der Waals surface area contributed by atoms with E-state index in [1.165, 1.54) is 0 Å². The monoisotopic (exact) mass is 299 g/mol. The summed E-state index contributed by atoms with van der Waals surface area (Å²) in [5.41, 5.74) is 1.54. The first-order chi connectivity index (χ1) is 9.40. The molecule has 20 heavy (non-hydrogen) atoms. The lowest BCUT2D eigenvalue weighted by Gasteiger charge is -2.31. The maximum Gasteiger partial charge on any atom is 0.292 e. The van der Waals surface area contributed by atoms with Crippen LogP contribution in [-0.2, 0) is 5.88 Å². The summed E-state index contributed by atoms with van der Waals surface area (Å²) in [4.78, 5) is 15.1. The molecule has 1 rings (SSSR count). The third-order valence-corrected chi connectivity index (χ3v) is 3.51. The molecule has 1 aromatic carbocycles. The average Bonchev–Trinajstić information content (AvgIpc) is 2.38. The maximum absolute atomic E-state index is 11.3. The van der Waals surface area contributed by atoms with E-state index >= 15 is 0 Å². The van der Waals surface area contributed by atoms with Crippen molar-refractivity contribution in [3.05, 3.63) is 33.9 Å². The predicted molar refractivity (Wildman–Crippen MR) is 83.7 cm³/mol. The molecule has 1 atom stereocenters. The highest BCUT2D eigenvalue weighted by Crippen LogP contribution is 2.31. The minimum absolute atomic E-state index is 0.121. The normalized spacial score (nSPS) is 12.5. The number of alkyl halides is 1. The Hall–Kier alpha value is -1.33. The Bertz CT molecular complexity index is 466. The zero-order chi connectivity index (χ0) is 15.3. The van der Waals surface area contributed by atoms with Gasteiger partial charge in [-0.2, -0.15) is 0 Å². The van der Waals surface area contributed by atoms with Crippen LogP contribution in [0.25, 0.3) is 0 Å². The lowest BCUT2D eigenvalue weighted by Crippen LogP contribution is -2.40. The molecule has 0 saturated heterocycles. The molecule has 0 amide bonds. The fraction of sp³-hybridized carbons (Fsp3) is 0.571. The van der Waals surface area contributed by atoms with E-state index in [9.17, 15) is 10.1 Å². The van der Waals surface area contributed by atoms with Crippen molar-refractivity contribution in [3.63, 3.8) is 0 Å². The summed E-state index contributed by atoms with van der Waals surface area (Å²) in [6, 6.07) is 5.40. The van der Waals surface area contributed by atoms with E-state index in [0.717, 1.165) is 18.7 Å². The topological polar surface area (TPSA) is 49.6 Å². The third-order valence-electron chi connectivity index (χ3n) is 3.20. The van der Waals surface area contributed by atoms with Gasteiger partial charge in [0.2, 0.25) is 0 Å². The molecule has 0 aromatic heterocycles. The summed E-state index contributed by atoms with van der Waals surface area (Å²) in [7, 11) is 3.99. The van der Waals surface area contributed by atoms with Crippen molar-refractivity contribution in [1.82, 2.24) is 4.90 Å². The van der Waals surface area contributed by atoms with E-state index in [1.54, 1.807) is 12.1 Å². The molecule has 0 saturated carbocycles. The minimum atomic E-state index is -0.337. The standard InChI is InChI=1S/C14H22ClN3O2/c1-5-17(11(2)10-16(3)4)13-7-6-12(9-15)8-14(13)18(19)20/h6-8,11H,5,9-10H2,1-4H3. The molecule has 0 N–H and O–H groups in total. The fourth-order valence-electron chi connectivity index (χ4n) is 2.39. The highest BCUT2D eigenvalue weighted by molar-refractivity contribution is 6.17. The van der Waals surface area contributed by atoms with Gasteiger partial charge in [0.1, 0.15) is 5.69 Å². The quantitative estimate of drug-likeness (QED) is 0.441. The average molecular weight is 300 g/mol. The van der Waals surface area contributed by atoms with Crippen molar-refractivity contribution >= 4 is 23.0 Å². The minimum Gasteiger partial charge on any atom is -0.362 e. The van der Waals surface area contributed by atoms with Crippen LogP contribution in [0, 0.1) is 10.1 Å². The van der Waals surface area contributed by atoms with Crippen molar-refractivity contribution in [2.75, 3.05) is 32.1 Å². The Morgan fingerprint density at radius 2 is 2.05 bits per heavy atom. The first-order valence-electron chi connectivity index (χ1n) is 6.65. The number of hydrogen-bond acceptors (Lipinski definition) is 4. The van der Waals surface area contributed by atoms with E-state index in [0.29, 0.717) is 5.69 Å². The number of benzene rings is 1. The van der Waals surface area contributed by atoms with E-state index in [1.807, 2.05) is 27.1 Å². The van der Waals surface area contributed by atoms with Crippen molar-refractivity contribution in [2.24, 2.45) is 0 Å². The third kappa shape index (κ3) is 4.08. The lowest BCUT2D eigenvalue weighted by atomic mass is 10.1. The molecule has 1 unspecified atom stereocenters. The zero-order valence-corrected chi connectivity index (χ0v) is 13.2. The van der Waals surface area contributed by atoms with Crippen molar-refractivity contribution in [2.45, 2.75) is 25.8 Å². The molecule has 0 radical (unpaired) electrons. The van der Waals surface area contributed by atoms with E-state index < -0.39 is 0 Å². The van der Waals surface area contributed by atoms with Crippen LogP contribution in [0.5, 0.6) is 0 Å². The number of likely N-dealkylation sites (N-methyl/N-ethyl adjacent to an activating group) is 2. The highest BCUT2D eigenvalue weighted by Gasteiger charge is 2.22. The van der Waals surface area contributed by atoms with Crippen molar-refractivity contribution in [1.29, 1.82) is 0 Å². The van der Waals surface area contributed by atoms with Crippen LogP contribution in [-0.4, -0.2) is 43.0 Å². The van der Waals surface area contributed by atoms with Crippen LogP contribution in [0.3, 0.4) is 0 Å². The molecule has 0 bridgehead atoms. The number of halogens is 1. The SMILES string of the molecule is CCN(c1ccc(CCl)cc1[N+](=O)[O-])C(C)CN(C)C. The zero-order valence-electron chi connectivity index (χ0n) is 12.5. The van der Waals surface area contributed by atoms with Crippen LogP contribution in [0.15, 0.2) is 18.2 Å². The summed E-state index contributed by atoms with van der Waals surface area (Å²) in [6.45, 7) is 5.63. The van der Waals surface area contributed by atoms with Gasteiger partial charge in [-0.05, 0) is 39.6 Å². The summed E-state index contributed by atoms with van der Waals surface area (Å²) >= 11 is 5.76. The summed E-state index contributed by atoms with van der Waals surface area (Å²) in [6.07, 6.45) is 0. The number of hydrogen-bond donors (Lipinski definition) is 0. The van der Waals surface area contributed by atoms with Gasteiger partial charge in [0.15, 0.2) is 0 Å². The van der Waals surface area contributed by atoms with Crippen LogP contribution in [0.4, 0.5) is 11.4 Å². The number of nitro benzene ring substituents is 1. The van der Waals surface area contributed by atoms with Gasteiger partial charge >= 0.3 is 0 Å². The molecular formula is C14H22ClN3O2. The maximum atomic E-state index is 11.3. The summed E-state index contributed by atoms with van der Waals surface area (Å²) in [5, 5.41) is 11.3. The van der Waals surface area contributed by atoms with Gasteiger partial charge in [-0.3, -0.25) is 10.1 Å². The first-order valence-corrected chi connectivity index (χ1v) is 7.18. The number of nitrogens with zero attached hydrogens (tertiary/aromatic N) is 3. The van der Waals surface area contributed by atoms with Gasteiger partial charge in [-0.15, -0.1) is 11.6 Å². The molecule has 112 valence electrons. The van der Waals surface area contributed by atoms with Gasteiger partial charge < -0.3 is 9.80 Å². The molecule has 0 aliphatic carbocycles. The fourth-order valence-corrected chi connectivity index (χ4v) is 2.55. The summed E-state index contributed by atoms with van der Waals surface area (Å²) < 4.78 is 0. The lowest BCUT2D eigenvalue weighted by molar-refractivity contribution is -0.384. The number of nitro groups is 1. The van der Waals surface area contributed by atoms with E-state index in [2.05, 4.69) is 16.7 Å². The van der Waals surface area contributed by atoms with Gasteiger partial charge in [-0.25, -0.2) is 0 Å². The van der Waals surface area contributed by atoms with Crippen LogP contribution >= 0.6 is 11.6 Å². The van der Waals surface area contributed by atoms with Crippen molar-refractivity contribution < 1.29 is 4.92 Å². The van der Waals surface area contributed by atoms with Gasteiger partial charge in [0.25, 0.3) is 5.69 Å². The largest absolute Gasteiger partial charge is 0.362 e.